The molecule has 0 bridgehead atoms. The minimum absolute atomic E-state index is 0.109. The molecular weight excluding hydrogens is 288 g/mol. The van der Waals surface area contributed by atoms with E-state index in [-0.39, 0.29) is 11.8 Å². The predicted molar refractivity (Wildman–Crippen MR) is 89.8 cm³/mol. The van der Waals surface area contributed by atoms with Gasteiger partial charge >= 0.3 is 0 Å². The molecule has 1 unspecified atom stereocenters. The first-order valence-electron chi connectivity index (χ1n) is 8.79. The number of likely N-dealkylation sites (tertiary alicyclic amines) is 1. The van der Waals surface area contributed by atoms with E-state index in [1.807, 2.05) is 15.9 Å². The molecule has 1 fully saturated rings. The number of carbonyl (C=O) groups excluding carboxylic acids is 2. The van der Waals surface area contributed by atoms with Crippen molar-refractivity contribution in [3.63, 3.8) is 0 Å². The van der Waals surface area contributed by atoms with Crippen LogP contribution in [0.15, 0.2) is 24.3 Å². The zero-order valence-corrected chi connectivity index (χ0v) is 14.0. The molecule has 4 heteroatoms. The molecule has 2 amide bonds. The Morgan fingerprint density at radius 2 is 1.78 bits per heavy atom. The summed E-state index contributed by atoms with van der Waals surface area (Å²) in [6, 6.07) is 8.63. The Balaban J connectivity index is 1.51. The molecule has 3 rings (SSSR count). The number of carbonyl (C=O) groups is 2. The lowest BCUT2D eigenvalue weighted by Crippen LogP contribution is -2.42. The largest absolute Gasteiger partial charge is 0.340 e. The van der Waals surface area contributed by atoms with E-state index < -0.39 is 0 Å². The van der Waals surface area contributed by atoms with Gasteiger partial charge in [0.15, 0.2) is 0 Å². The van der Waals surface area contributed by atoms with Crippen molar-refractivity contribution < 1.29 is 9.59 Å². The molecule has 1 atom stereocenters. The Kier molecular flexibility index (Phi) is 4.99. The van der Waals surface area contributed by atoms with Gasteiger partial charge in [-0.25, -0.2) is 0 Å². The number of fused-ring (bicyclic) bond motifs is 1. The Morgan fingerprint density at radius 3 is 2.57 bits per heavy atom. The van der Waals surface area contributed by atoms with Gasteiger partial charge in [0, 0.05) is 38.5 Å². The summed E-state index contributed by atoms with van der Waals surface area (Å²) in [6.07, 6.45) is 4.98. The van der Waals surface area contributed by atoms with Crippen LogP contribution in [0.5, 0.6) is 0 Å². The average Bonchev–Trinajstić information content (AvgIpc) is 2.59. The highest BCUT2D eigenvalue weighted by atomic mass is 16.2. The summed E-state index contributed by atoms with van der Waals surface area (Å²) >= 11 is 0. The van der Waals surface area contributed by atoms with Gasteiger partial charge in [0.2, 0.25) is 11.8 Å². The second-order valence-corrected chi connectivity index (χ2v) is 6.77. The highest BCUT2D eigenvalue weighted by Crippen LogP contribution is 2.21. The van der Waals surface area contributed by atoms with Gasteiger partial charge in [-0.1, -0.05) is 24.3 Å². The fourth-order valence-electron chi connectivity index (χ4n) is 3.69. The first-order chi connectivity index (χ1) is 11.1. The molecule has 1 saturated heterocycles. The molecule has 0 spiro atoms. The van der Waals surface area contributed by atoms with Crippen molar-refractivity contribution in [2.45, 2.75) is 58.0 Å². The summed E-state index contributed by atoms with van der Waals surface area (Å²) in [4.78, 5) is 28.6. The van der Waals surface area contributed by atoms with Crippen LogP contribution in [-0.4, -0.2) is 40.7 Å². The van der Waals surface area contributed by atoms with Crippen molar-refractivity contribution in [3.8, 4) is 0 Å². The lowest BCUT2D eigenvalue weighted by molar-refractivity contribution is -0.139. The van der Waals surface area contributed by atoms with Gasteiger partial charge < -0.3 is 9.80 Å². The van der Waals surface area contributed by atoms with Crippen LogP contribution in [-0.2, 0) is 22.6 Å². The molecule has 0 aliphatic carbocycles. The molecule has 0 radical (unpaired) electrons. The fourth-order valence-corrected chi connectivity index (χ4v) is 3.69. The number of rotatable bonds is 3. The summed E-state index contributed by atoms with van der Waals surface area (Å²) in [7, 11) is 0. The average molecular weight is 314 g/mol. The molecule has 4 nitrogen and oxygen atoms in total. The van der Waals surface area contributed by atoms with Crippen LogP contribution in [0.3, 0.4) is 0 Å². The third-order valence-corrected chi connectivity index (χ3v) is 5.16. The molecule has 124 valence electrons. The van der Waals surface area contributed by atoms with Crippen LogP contribution in [0.2, 0.25) is 0 Å². The van der Waals surface area contributed by atoms with Crippen molar-refractivity contribution in [2.75, 3.05) is 13.1 Å². The van der Waals surface area contributed by atoms with Crippen molar-refractivity contribution in [1.29, 1.82) is 0 Å². The number of piperidine rings is 1. The number of benzene rings is 1. The number of hydrogen-bond acceptors (Lipinski definition) is 2. The molecule has 23 heavy (non-hydrogen) atoms. The third kappa shape index (κ3) is 3.74. The van der Waals surface area contributed by atoms with Crippen LogP contribution in [0.1, 0.15) is 50.2 Å². The lowest BCUT2D eigenvalue weighted by atomic mass is 9.99. The third-order valence-electron chi connectivity index (χ3n) is 5.16. The minimum atomic E-state index is 0.109. The lowest BCUT2D eigenvalue weighted by Gasteiger charge is -2.34. The monoisotopic (exact) mass is 314 g/mol. The van der Waals surface area contributed by atoms with E-state index in [1.54, 1.807) is 0 Å². The van der Waals surface area contributed by atoms with E-state index in [1.165, 1.54) is 17.5 Å². The van der Waals surface area contributed by atoms with Gasteiger partial charge in [0.1, 0.15) is 0 Å². The molecule has 1 aromatic carbocycles. The van der Waals surface area contributed by atoms with Crippen molar-refractivity contribution in [2.24, 2.45) is 0 Å². The Labute approximate surface area is 138 Å². The van der Waals surface area contributed by atoms with Gasteiger partial charge in [-0.15, -0.1) is 0 Å². The summed E-state index contributed by atoms with van der Waals surface area (Å²) in [5, 5.41) is 0. The normalized spacial score (nSPS) is 21.0. The number of amides is 2. The standard InChI is InChI=1S/C19H26N2O2/c1-15-6-4-5-12-21(15)19(23)10-9-18(22)20-13-11-16-7-2-3-8-17(16)14-20/h2-3,7-8,15H,4-6,9-14H2,1H3. The highest BCUT2D eigenvalue weighted by molar-refractivity contribution is 5.84. The topological polar surface area (TPSA) is 40.6 Å². The quantitative estimate of drug-likeness (QED) is 0.861. The minimum Gasteiger partial charge on any atom is -0.340 e. The zero-order chi connectivity index (χ0) is 16.2. The van der Waals surface area contributed by atoms with E-state index in [2.05, 4.69) is 25.1 Å². The van der Waals surface area contributed by atoms with Gasteiger partial charge in [-0.2, -0.15) is 0 Å². The maximum Gasteiger partial charge on any atom is 0.223 e. The van der Waals surface area contributed by atoms with Crippen LogP contribution in [0.25, 0.3) is 0 Å². The van der Waals surface area contributed by atoms with Crippen LogP contribution in [0, 0.1) is 0 Å². The summed E-state index contributed by atoms with van der Waals surface area (Å²) in [5.74, 6) is 0.250. The van der Waals surface area contributed by atoms with Gasteiger partial charge in [-0.05, 0) is 43.7 Å². The molecule has 2 heterocycles. The van der Waals surface area contributed by atoms with E-state index in [4.69, 9.17) is 0 Å². The van der Waals surface area contributed by atoms with Crippen molar-refractivity contribution in [1.82, 2.24) is 9.80 Å². The molecule has 2 aliphatic heterocycles. The second-order valence-electron chi connectivity index (χ2n) is 6.77. The van der Waals surface area contributed by atoms with E-state index >= 15 is 0 Å². The maximum absolute atomic E-state index is 12.4. The Bertz CT molecular complexity index is 584. The van der Waals surface area contributed by atoms with Gasteiger partial charge in [0.05, 0.1) is 0 Å². The fraction of sp³-hybridized carbons (Fsp3) is 0.579. The zero-order valence-electron chi connectivity index (χ0n) is 14.0. The van der Waals surface area contributed by atoms with Crippen LogP contribution < -0.4 is 0 Å². The predicted octanol–water partition coefficient (Wildman–Crippen LogP) is 2.75. The first-order valence-corrected chi connectivity index (χ1v) is 8.79. The molecule has 2 aliphatic rings. The summed E-state index contributed by atoms with van der Waals surface area (Å²) in [6.45, 7) is 4.42. The molecule has 1 aromatic rings. The van der Waals surface area contributed by atoms with E-state index in [9.17, 15) is 9.59 Å². The van der Waals surface area contributed by atoms with E-state index in [0.29, 0.717) is 25.4 Å². The van der Waals surface area contributed by atoms with E-state index in [0.717, 1.165) is 32.4 Å². The van der Waals surface area contributed by atoms with Gasteiger partial charge in [0.25, 0.3) is 0 Å². The molecule has 0 saturated carbocycles. The maximum atomic E-state index is 12.4. The molecular formula is C19H26N2O2. The number of hydrogen-bond donors (Lipinski definition) is 0. The first kappa shape index (κ1) is 16.0. The van der Waals surface area contributed by atoms with Crippen molar-refractivity contribution >= 4 is 11.8 Å². The Hall–Kier alpha value is -1.84. The Morgan fingerprint density at radius 1 is 1.04 bits per heavy atom. The summed E-state index contributed by atoms with van der Waals surface area (Å²) < 4.78 is 0. The van der Waals surface area contributed by atoms with Crippen LogP contribution in [0.4, 0.5) is 0 Å². The second kappa shape index (κ2) is 7.16. The smallest absolute Gasteiger partial charge is 0.223 e. The SMILES string of the molecule is CC1CCCCN1C(=O)CCC(=O)N1CCc2ccccc2C1. The van der Waals surface area contributed by atoms with Crippen molar-refractivity contribution in [3.05, 3.63) is 35.4 Å². The van der Waals surface area contributed by atoms with Crippen LogP contribution >= 0.6 is 0 Å². The molecule has 0 aromatic heterocycles. The summed E-state index contributed by atoms with van der Waals surface area (Å²) in [5.41, 5.74) is 2.58. The number of nitrogens with zero attached hydrogens (tertiary/aromatic N) is 2. The molecule has 0 N–H and O–H groups in total. The highest BCUT2D eigenvalue weighted by Gasteiger charge is 2.25. The van der Waals surface area contributed by atoms with Gasteiger partial charge in [-0.3, -0.25) is 9.59 Å².